The summed E-state index contributed by atoms with van der Waals surface area (Å²) in [4.78, 5) is 11.7. The Balaban J connectivity index is 1.45. The predicted octanol–water partition coefficient (Wildman–Crippen LogP) is 4.45. The van der Waals surface area contributed by atoms with Crippen molar-refractivity contribution in [1.82, 2.24) is 19.4 Å². The lowest BCUT2D eigenvalue weighted by Gasteiger charge is -2.45. The van der Waals surface area contributed by atoms with E-state index in [0.29, 0.717) is 12.5 Å². The highest BCUT2D eigenvalue weighted by atomic mass is 19.1. The van der Waals surface area contributed by atoms with E-state index in [9.17, 15) is 4.39 Å². The molecule has 2 aliphatic rings. The van der Waals surface area contributed by atoms with E-state index in [1.807, 2.05) is 30.6 Å². The van der Waals surface area contributed by atoms with Gasteiger partial charge in [-0.1, -0.05) is 32.0 Å². The van der Waals surface area contributed by atoms with Crippen molar-refractivity contribution in [3.05, 3.63) is 71.7 Å². The van der Waals surface area contributed by atoms with E-state index < -0.39 is 0 Å². The summed E-state index contributed by atoms with van der Waals surface area (Å²) in [6.07, 6.45) is 5.73. The fourth-order valence-electron chi connectivity index (χ4n) is 4.67. The molecule has 3 aromatic rings. The largest absolute Gasteiger partial charge is 0.357 e. The van der Waals surface area contributed by atoms with Gasteiger partial charge in [0.15, 0.2) is 5.82 Å². The van der Waals surface area contributed by atoms with Gasteiger partial charge in [-0.3, -0.25) is 9.47 Å². The maximum Gasteiger partial charge on any atom is 0.151 e. The molecule has 0 radical (unpaired) electrons. The zero-order chi connectivity index (χ0) is 20.0. The first-order chi connectivity index (χ1) is 14.1. The number of rotatable bonds is 3. The van der Waals surface area contributed by atoms with Crippen LogP contribution in [-0.2, 0) is 12.1 Å². The number of nitrogens with one attached hydrogen (secondary N) is 1. The highest BCUT2D eigenvalue weighted by Gasteiger charge is 2.43. The van der Waals surface area contributed by atoms with E-state index >= 15 is 0 Å². The molecule has 1 fully saturated rings. The van der Waals surface area contributed by atoms with E-state index in [1.54, 1.807) is 6.07 Å². The Morgan fingerprint density at radius 2 is 1.90 bits per heavy atom. The number of pyridine rings is 1. The fourth-order valence-corrected chi connectivity index (χ4v) is 4.67. The normalized spacial score (nSPS) is 17.8. The summed E-state index contributed by atoms with van der Waals surface area (Å²) in [7, 11) is 0. The number of hydrogen-bond donors (Lipinski definition) is 1. The third-order valence-electron chi connectivity index (χ3n) is 6.24. The van der Waals surface area contributed by atoms with Gasteiger partial charge >= 0.3 is 0 Å². The number of fused-ring (bicyclic) bond motifs is 4. The van der Waals surface area contributed by atoms with E-state index in [-0.39, 0.29) is 11.4 Å². The highest BCUT2D eigenvalue weighted by Crippen LogP contribution is 2.43. The monoisotopic (exact) mass is 391 g/mol. The molecule has 1 saturated heterocycles. The first kappa shape index (κ1) is 18.3. The summed E-state index contributed by atoms with van der Waals surface area (Å²) in [5, 5.41) is 3.74. The Morgan fingerprint density at radius 3 is 2.66 bits per heavy atom. The van der Waals surface area contributed by atoms with Crippen LogP contribution in [0.5, 0.6) is 0 Å². The lowest BCUT2D eigenvalue weighted by molar-refractivity contribution is 0.160. The number of benzene rings is 1. The highest BCUT2D eigenvalue weighted by molar-refractivity contribution is 5.63. The smallest absolute Gasteiger partial charge is 0.151 e. The standard InChI is InChI=1S/C23H26FN5/c1-16(2)22-26-14-20-23(27-21-19(29(20)22)8-5-11-25-21)9-12-28(13-10-23)15-17-6-3-4-7-18(17)24/h3-8,11,14,16H,9-10,12-13,15H2,1-2H3,(H,25,27). The zero-order valence-electron chi connectivity index (χ0n) is 16.9. The molecule has 6 heteroatoms. The molecule has 0 saturated carbocycles. The van der Waals surface area contributed by atoms with Crippen LogP contribution in [0.15, 0.2) is 48.8 Å². The number of hydrogen-bond acceptors (Lipinski definition) is 4. The first-order valence-corrected chi connectivity index (χ1v) is 10.3. The van der Waals surface area contributed by atoms with Gasteiger partial charge in [0.05, 0.1) is 23.1 Å². The maximum absolute atomic E-state index is 14.1. The molecule has 5 nitrogen and oxygen atoms in total. The van der Waals surface area contributed by atoms with Gasteiger partial charge in [0.25, 0.3) is 0 Å². The van der Waals surface area contributed by atoms with Gasteiger partial charge in [0.2, 0.25) is 0 Å². The van der Waals surface area contributed by atoms with Crippen LogP contribution in [0, 0.1) is 5.82 Å². The van der Waals surface area contributed by atoms with Crippen molar-refractivity contribution in [2.45, 2.75) is 44.7 Å². The predicted molar refractivity (Wildman–Crippen MR) is 112 cm³/mol. The molecule has 0 atom stereocenters. The number of aromatic nitrogens is 3. The summed E-state index contributed by atoms with van der Waals surface area (Å²) < 4.78 is 16.4. The van der Waals surface area contributed by atoms with Crippen LogP contribution < -0.4 is 5.32 Å². The minimum atomic E-state index is -0.187. The molecule has 1 aromatic carbocycles. The van der Waals surface area contributed by atoms with Crippen LogP contribution in [-0.4, -0.2) is 32.5 Å². The van der Waals surface area contributed by atoms with Crippen molar-refractivity contribution < 1.29 is 4.39 Å². The fraction of sp³-hybridized carbons (Fsp3) is 0.391. The lowest BCUT2D eigenvalue weighted by Crippen LogP contribution is -2.49. The molecular weight excluding hydrogens is 365 g/mol. The van der Waals surface area contributed by atoms with Crippen molar-refractivity contribution >= 4 is 5.82 Å². The maximum atomic E-state index is 14.1. The molecule has 0 unspecified atom stereocenters. The Bertz CT molecular complexity index is 1030. The number of likely N-dealkylation sites (tertiary alicyclic amines) is 1. The second kappa shape index (κ2) is 6.95. The number of piperidine rings is 1. The average Bonchev–Trinajstić information content (AvgIpc) is 3.18. The van der Waals surface area contributed by atoms with E-state index in [2.05, 4.69) is 39.7 Å². The summed E-state index contributed by atoms with van der Waals surface area (Å²) in [5.41, 5.74) is 2.86. The summed E-state index contributed by atoms with van der Waals surface area (Å²) >= 11 is 0. The van der Waals surface area contributed by atoms with Crippen LogP contribution in [0.3, 0.4) is 0 Å². The molecule has 1 spiro atoms. The molecule has 1 N–H and O–H groups in total. The van der Waals surface area contributed by atoms with Gasteiger partial charge in [0, 0.05) is 37.3 Å². The zero-order valence-corrected chi connectivity index (χ0v) is 16.9. The van der Waals surface area contributed by atoms with E-state index in [0.717, 1.165) is 48.8 Å². The van der Waals surface area contributed by atoms with E-state index in [1.165, 1.54) is 11.8 Å². The summed E-state index contributed by atoms with van der Waals surface area (Å²) in [6, 6.07) is 11.1. The summed E-state index contributed by atoms with van der Waals surface area (Å²) in [6.45, 7) is 6.79. The second-order valence-electron chi connectivity index (χ2n) is 8.44. The van der Waals surface area contributed by atoms with Gasteiger partial charge in [-0.2, -0.15) is 0 Å². The molecule has 29 heavy (non-hydrogen) atoms. The number of imidazole rings is 1. The molecule has 2 aliphatic heterocycles. The topological polar surface area (TPSA) is 46.0 Å². The molecule has 2 aromatic heterocycles. The Kier molecular flexibility index (Phi) is 4.39. The van der Waals surface area contributed by atoms with Crippen molar-refractivity contribution in [2.24, 2.45) is 0 Å². The van der Waals surface area contributed by atoms with Gasteiger partial charge in [0.1, 0.15) is 11.6 Å². The molecule has 0 bridgehead atoms. The first-order valence-electron chi connectivity index (χ1n) is 10.3. The number of anilines is 1. The summed E-state index contributed by atoms with van der Waals surface area (Å²) in [5.74, 6) is 2.20. The van der Waals surface area contributed by atoms with Crippen molar-refractivity contribution in [1.29, 1.82) is 0 Å². The molecular formula is C23H26FN5. The second-order valence-corrected chi connectivity index (χ2v) is 8.44. The third-order valence-corrected chi connectivity index (χ3v) is 6.24. The molecule has 5 rings (SSSR count). The average molecular weight is 391 g/mol. The minimum absolute atomic E-state index is 0.124. The van der Waals surface area contributed by atoms with Gasteiger partial charge in [-0.05, 0) is 31.0 Å². The van der Waals surface area contributed by atoms with Crippen LogP contribution in [0.2, 0.25) is 0 Å². The molecule has 0 amide bonds. The van der Waals surface area contributed by atoms with Crippen molar-refractivity contribution in [3.63, 3.8) is 0 Å². The van der Waals surface area contributed by atoms with Crippen LogP contribution >= 0.6 is 0 Å². The van der Waals surface area contributed by atoms with Crippen LogP contribution in [0.4, 0.5) is 10.2 Å². The Hall–Kier alpha value is -2.73. The third kappa shape index (κ3) is 3.02. The quantitative estimate of drug-likeness (QED) is 0.717. The molecule has 4 heterocycles. The molecule has 0 aliphatic carbocycles. The van der Waals surface area contributed by atoms with Crippen molar-refractivity contribution in [3.8, 4) is 5.69 Å². The lowest BCUT2D eigenvalue weighted by atomic mass is 9.83. The van der Waals surface area contributed by atoms with Gasteiger partial charge in [-0.15, -0.1) is 0 Å². The minimum Gasteiger partial charge on any atom is -0.357 e. The Morgan fingerprint density at radius 1 is 1.10 bits per heavy atom. The van der Waals surface area contributed by atoms with Gasteiger partial charge in [-0.25, -0.2) is 14.4 Å². The van der Waals surface area contributed by atoms with E-state index in [4.69, 9.17) is 4.98 Å². The van der Waals surface area contributed by atoms with Crippen LogP contribution in [0.25, 0.3) is 5.69 Å². The SMILES string of the molecule is CC(C)c1ncc2n1-c1cccnc1NC21CCN(Cc2ccccc2F)CC1. The Labute approximate surface area is 170 Å². The van der Waals surface area contributed by atoms with Gasteiger partial charge < -0.3 is 5.32 Å². The van der Waals surface area contributed by atoms with Crippen LogP contribution in [0.1, 0.15) is 49.7 Å². The molecule has 150 valence electrons. The van der Waals surface area contributed by atoms with Crippen molar-refractivity contribution in [2.75, 3.05) is 18.4 Å². The number of nitrogens with zero attached hydrogens (tertiary/aromatic N) is 4. The number of halogens is 1.